The SMILES string of the molecule is CCc1cccc(CC)c1NC(=O)CN1C[C@H](c2ccc3c(c2)OCCO3)[C@@H](C(=O)O)[C@@H]1c1ccc(OCCO)cc1. The summed E-state index contributed by atoms with van der Waals surface area (Å²) in [6, 6.07) is 18.3. The fourth-order valence-corrected chi connectivity index (χ4v) is 6.11. The first-order valence-electron chi connectivity index (χ1n) is 14.5. The first-order valence-corrected chi connectivity index (χ1v) is 14.5. The van der Waals surface area contributed by atoms with Gasteiger partial charge in [-0.05, 0) is 59.4 Å². The zero-order chi connectivity index (χ0) is 29.6. The number of carboxylic acids is 1. The number of nitrogens with zero attached hydrogens (tertiary/aromatic N) is 1. The van der Waals surface area contributed by atoms with Crippen molar-refractivity contribution in [1.82, 2.24) is 4.90 Å². The summed E-state index contributed by atoms with van der Waals surface area (Å²) in [6.45, 7) is 5.48. The Kier molecular flexibility index (Phi) is 9.29. The molecule has 0 aliphatic carbocycles. The number of carbonyl (C=O) groups is 2. The molecule has 3 atom stereocenters. The van der Waals surface area contributed by atoms with E-state index in [2.05, 4.69) is 19.2 Å². The first kappa shape index (κ1) is 29.4. The quantitative estimate of drug-likeness (QED) is 0.308. The highest BCUT2D eigenvalue weighted by molar-refractivity contribution is 5.94. The van der Waals surface area contributed by atoms with Gasteiger partial charge >= 0.3 is 5.97 Å². The fourth-order valence-electron chi connectivity index (χ4n) is 6.11. The van der Waals surface area contributed by atoms with Gasteiger partial charge in [0.1, 0.15) is 25.6 Å². The molecule has 2 aliphatic heterocycles. The van der Waals surface area contributed by atoms with Gasteiger partial charge in [-0.25, -0.2) is 0 Å². The van der Waals surface area contributed by atoms with E-state index >= 15 is 0 Å². The molecule has 9 nitrogen and oxygen atoms in total. The van der Waals surface area contributed by atoms with Crippen molar-refractivity contribution in [2.24, 2.45) is 5.92 Å². The van der Waals surface area contributed by atoms with Crippen molar-refractivity contribution in [2.75, 3.05) is 44.8 Å². The molecule has 1 saturated heterocycles. The van der Waals surface area contributed by atoms with E-state index in [4.69, 9.17) is 19.3 Å². The summed E-state index contributed by atoms with van der Waals surface area (Å²) in [6.07, 6.45) is 1.57. The molecule has 0 saturated carbocycles. The third-order valence-corrected chi connectivity index (χ3v) is 8.07. The minimum atomic E-state index is -0.937. The normalized spacial score (nSPS) is 19.8. The predicted octanol–water partition coefficient (Wildman–Crippen LogP) is 4.43. The maximum Gasteiger partial charge on any atom is 0.309 e. The van der Waals surface area contributed by atoms with Crippen molar-refractivity contribution in [3.8, 4) is 17.2 Å². The van der Waals surface area contributed by atoms with Crippen molar-refractivity contribution in [1.29, 1.82) is 0 Å². The minimum absolute atomic E-state index is 0.0272. The molecule has 0 spiro atoms. The third kappa shape index (κ3) is 6.22. The maximum atomic E-state index is 13.6. The van der Waals surface area contributed by atoms with Crippen LogP contribution in [0, 0.1) is 5.92 Å². The maximum absolute atomic E-state index is 13.6. The number of hydrogen-bond acceptors (Lipinski definition) is 7. The van der Waals surface area contributed by atoms with Gasteiger partial charge in [0.05, 0.1) is 19.1 Å². The van der Waals surface area contributed by atoms with Crippen LogP contribution in [0.1, 0.15) is 48.1 Å². The molecule has 42 heavy (non-hydrogen) atoms. The number of aliphatic hydroxyl groups excluding tert-OH is 1. The molecule has 5 rings (SSSR count). The number of rotatable bonds is 11. The number of nitrogens with one attached hydrogen (secondary N) is 1. The summed E-state index contributed by atoms with van der Waals surface area (Å²) in [5, 5.41) is 22.8. The summed E-state index contributed by atoms with van der Waals surface area (Å²) >= 11 is 0. The van der Waals surface area contributed by atoms with E-state index in [9.17, 15) is 14.7 Å². The van der Waals surface area contributed by atoms with Crippen molar-refractivity contribution < 1.29 is 34.0 Å². The van der Waals surface area contributed by atoms with Crippen molar-refractivity contribution in [3.05, 3.63) is 82.9 Å². The zero-order valence-electron chi connectivity index (χ0n) is 24.0. The molecule has 0 radical (unpaired) electrons. The number of anilines is 1. The van der Waals surface area contributed by atoms with Crippen LogP contribution in [0.25, 0.3) is 0 Å². The smallest absolute Gasteiger partial charge is 0.309 e. The number of hydrogen-bond donors (Lipinski definition) is 3. The summed E-state index contributed by atoms with van der Waals surface area (Å²) in [4.78, 5) is 28.5. The number of para-hydroxylation sites is 1. The standard InChI is InChI=1S/C33H38N2O7/c1-3-21-6-5-7-22(4-2)31(21)34-29(37)20-35-19-26(24-10-13-27-28(18-24)42-17-16-41-27)30(33(38)39)32(35)23-8-11-25(12-9-23)40-15-14-36/h5-13,18,26,30,32,36H,3-4,14-17,19-20H2,1-2H3,(H,34,37)(H,38,39)/t26-,30-,32+/m1/s1. The van der Waals surface area contributed by atoms with Gasteiger partial charge in [0.15, 0.2) is 11.5 Å². The highest BCUT2D eigenvalue weighted by Crippen LogP contribution is 2.47. The fraction of sp³-hybridized carbons (Fsp3) is 0.394. The molecule has 0 bridgehead atoms. The lowest BCUT2D eigenvalue weighted by molar-refractivity contribution is -0.143. The molecule has 1 fully saturated rings. The Bertz CT molecular complexity index is 1390. The van der Waals surface area contributed by atoms with Crippen molar-refractivity contribution in [3.63, 3.8) is 0 Å². The van der Waals surface area contributed by atoms with Gasteiger partial charge in [-0.2, -0.15) is 0 Å². The van der Waals surface area contributed by atoms with E-state index in [0.717, 1.165) is 40.8 Å². The predicted molar refractivity (Wildman–Crippen MR) is 158 cm³/mol. The second-order valence-corrected chi connectivity index (χ2v) is 10.6. The highest BCUT2D eigenvalue weighted by Gasteiger charge is 2.48. The number of aryl methyl sites for hydroxylation is 2. The number of ether oxygens (including phenoxy) is 3. The van der Waals surface area contributed by atoms with Gasteiger partial charge in [-0.15, -0.1) is 0 Å². The molecule has 2 heterocycles. The van der Waals surface area contributed by atoms with Crippen molar-refractivity contribution in [2.45, 2.75) is 38.6 Å². The molecule has 2 aliphatic rings. The Hall–Kier alpha value is -4.08. The number of likely N-dealkylation sites (tertiary alicyclic amines) is 1. The van der Waals surface area contributed by atoms with E-state index in [1.807, 2.05) is 53.4 Å². The summed E-state index contributed by atoms with van der Waals surface area (Å²) in [5.41, 5.74) is 4.57. The van der Waals surface area contributed by atoms with E-state index in [-0.39, 0.29) is 25.7 Å². The zero-order valence-corrected chi connectivity index (χ0v) is 24.0. The van der Waals surface area contributed by atoms with Crippen LogP contribution in [0.15, 0.2) is 60.7 Å². The van der Waals surface area contributed by atoms with E-state index in [1.165, 1.54) is 0 Å². The third-order valence-electron chi connectivity index (χ3n) is 8.07. The topological polar surface area (TPSA) is 118 Å². The lowest BCUT2D eigenvalue weighted by Crippen LogP contribution is -2.35. The minimum Gasteiger partial charge on any atom is -0.491 e. The number of carbonyl (C=O) groups excluding carboxylic acids is 1. The van der Waals surface area contributed by atoms with Crippen LogP contribution in [0.4, 0.5) is 5.69 Å². The molecule has 3 N–H and O–H groups in total. The van der Waals surface area contributed by atoms with Crippen LogP contribution in [-0.2, 0) is 22.4 Å². The Labute approximate surface area is 246 Å². The van der Waals surface area contributed by atoms with Crippen LogP contribution >= 0.6 is 0 Å². The Morgan fingerprint density at radius 2 is 1.62 bits per heavy atom. The van der Waals surface area contributed by atoms with E-state index in [0.29, 0.717) is 37.0 Å². The molecule has 1 amide bonds. The first-order chi connectivity index (χ1) is 20.4. The van der Waals surface area contributed by atoms with Gasteiger partial charge in [-0.3, -0.25) is 14.5 Å². The summed E-state index contributed by atoms with van der Waals surface area (Å²) in [7, 11) is 0. The Morgan fingerprint density at radius 1 is 0.952 bits per heavy atom. The van der Waals surface area contributed by atoms with Crippen LogP contribution in [0.3, 0.4) is 0 Å². The average molecular weight is 575 g/mol. The Morgan fingerprint density at radius 3 is 2.26 bits per heavy atom. The van der Waals surface area contributed by atoms with E-state index in [1.54, 1.807) is 12.1 Å². The Balaban J connectivity index is 1.48. The van der Waals surface area contributed by atoms with Crippen LogP contribution in [0.2, 0.25) is 0 Å². The van der Waals surface area contributed by atoms with Crippen LogP contribution in [-0.4, -0.2) is 66.5 Å². The van der Waals surface area contributed by atoms with Gasteiger partial charge < -0.3 is 29.7 Å². The molecule has 222 valence electrons. The summed E-state index contributed by atoms with van der Waals surface area (Å²) < 4.78 is 17.0. The molecular formula is C33H38N2O7. The number of amides is 1. The molecule has 0 aromatic heterocycles. The molecular weight excluding hydrogens is 536 g/mol. The van der Waals surface area contributed by atoms with Gasteiger partial charge in [0.25, 0.3) is 0 Å². The van der Waals surface area contributed by atoms with Gasteiger partial charge in [0, 0.05) is 24.2 Å². The number of aliphatic carboxylic acids is 1. The molecule has 3 aromatic rings. The second kappa shape index (κ2) is 13.3. The number of fused-ring (bicyclic) bond motifs is 1. The van der Waals surface area contributed by atoms with Crippen LogP contribution in [0.5, 0.6) is 17.2 Å². The monoisotopic (exact) mass is 574 g/mol. The molecule has 3 aromatic carbocycles. The number of carboxylic acid groups (broad SMARTS) is 1. The molecule has 9 heteroatoms. The highest BCUT2D eigenvalue weighted by atomic mass is 16.6. The van der Waals surface area contributed by atoms with Gasteiger partial charge in [-0.1, -0.05) is 50.2 Å². The van der Waals surface area contributed by atoms with Gasteiger partial charge in [0.2, 0.25) is 5.91 Å². The lowest BCUT2D eigenvalue weighted by Gasteiger charge is -2.27. The summed E-state index contributed by atoms with van der Waals surface area (Å²) in [5.74, 6) is -0.520. The number of aliphatic hydroxyl groups is 1. The largest absolute Gasteiger partial charge is 0.491 e. The molecule has 0 unspecified atom stereocenters. The second-order valence-electron chi connectivity index (χ2n) is 10.6. The lowest BCUT2D eigenvalue weighted by atomic mass is 9.82. The van der Waals surface area contributed by atoms with Crippen LogP contribution < -0.4 is 19.5 Å². The van der Waals surface area contributed by atoms with Crippen molar-refractivity contribution >= 4 is 17.6 Å². The average Bonchev–Trinajstić information content (AvgIpc) is 3.39. The van der Waals surface area contributed by atoms with E-state index < -0.39 is 23.8 Å². The number of benzene rings is 3.